The fourth-order valence-electron chi connectivity index (χ4n) is 2.45. The molecule has 1 aromatic carbocycles. The van der Waals surface area contributed by atoms with E-state index in [0.29, 0.717) is 19.8 Å². The average Bonchev–Trinajstić information content (AvgIpc) is 2.65. The van der Waals surface area contributed by atoms with Gasteiger partial charge in [-0.15, -0.1) is 0 Å². The number of methoxy groups -OCH3 is 1. The second-order valence-corrected chi connectivity index (χ2v) is 13.8. The summed E-state index contributed by atoms with van der Waals surface area (Å²) >= 11 is 0. The van der Waals surface area contributed by atoms with E-state index in [1.165, 1.54) is 0 Å². The maximum Gasteiger partial charge on any atom is 0.306 e. The van der Waals surface area contributed by atoms with E-state index in [9.17, 15) is 9.90 Å². The monoisotopic (exact) mass is 422 g/mol. The third-order valence-electron chi connectivity index (χ3n) is 5.71. The van der Waals surface area contributed by atoms with E-state index in [2.05, 4.69) is 33.9 Å². The van der Waals surface area contributed by atoms with E-state index in [1.807, 2.05) is 36.4 Å². The van der Waals surface area contributed by atoms with Gasteiger partial charge in [-0.3, -0.25) is 4.79 Å². The Bertz CT molecular complexity index is 646. The third-order valence-corrected chi connectivity index (χ3v) is 10.2. The van der Waals surface area contributed by atoms with Crippen molar-refractivity contribution in [3.63, 3.8) is 0 Å². The highest BCUT2D eigenvalue weighted by Crippen LogP contribution is 2.36. The first kappa shape index (κ1) is 25.4. The Hall–Kier alpha value is -1.63. The fraction of sp³-hybridized carbons (Fsp3) is 0.609. The number of carboxylic acids is 1. The number of carboxylic acid groups (broad SMARTS) is 1. The molecule has 0 unspecified atom stereocenters. The normalized spacial score (nSPS) is 14.7. The first-order chi connectivity index (χ1) is 13.5. The van der Waals surface area contributed by atoms with Crippen LogP contribution < -0.4 is 4.74 Å². The van der Waals surface area contributed by atoms with Crippen molar-refractivity contribution in [1.29, 1.82) is 0 Å². The summed E-state index contributed by atoms with van der Waals surface area (Å²) in [6.45, 7) is 14.3. The summed E-state index contributed by atoms with van der Waals surface area (Å²) in [4.78, 5) is 11.5. The minimum absolute atomic E-state index is 0.182. The second-order valence-electron chi connectivity index (χ2n) is 8.98. The molecule has 1 aromatic rings. The maximum absolute atomic E-state index is 11.5. The largest absolute Gasteiger partial charge is 0.497 e. The quantitative estimate of drug-likeness (QED) is 0.273. The Morgan fingerprint density at radius 3 is 2.34 bits per heavy atom. The molecular weight excluding hydrogens is 384 g/mol. The number of aliphatic carboxylic acids is 1. The Balaban J connectivity index is 2.54. The molecule has 0 saturated carbocycles. The third kappa shape index (κ3) is 8.72. The van der Waals surface area contributed by atoms with Gasteiger partial charge in [0.1, 0.15) is 5.75 Å². The van der Waals surface area contributed by atoms with Gasteiger partial charge in [0.15, 0.2) is 8.32 Å². The zero-order valence-electron chi connectivity index (χ0n) is 19.0. The molecule has 0 aliphatic heterocycles. The molecular formula is C23H38O5Si. The van der Waals surface area contributed by atoms with Crippen molar-refractivity contribution < 1.29 is 23.8 Å². The minimum atomic E-state index is -1.75. The summed E-state index contributed by atoms with van der Waals surface area (Å²) in [6, 6.07) is 7.67. The lowest BCUT2D eigenvalue weighted by atomic mass is 9.94. The van der Waals surface area contributed by atoms with Gasteiger partial charge in [0.25, 0.3) is 0 Å². The van der Waals surface area contributed by atoms with Crippen LogP contribution in [0, 0.1) is 11.8 Å². The SMILES string of the molecule is COc1ccc(COC[C@H](/C=C/CCO[Si](C)(C)C(C)(C)C)[C@H](C)C(=O)O)cc1. The van der Waals surface area contributed by atoms with E-state index in [0.717, 1.165) is 17.7 Å². The minimum Gasteiger partial charge on any atom is -0.497 e. The van der Waals surface area contributed by atoms with Crippen LogP contribution in [0.15, 0.2) is 36.4 Å². The summed E-state index contributed by atoms with van der Waals surface area (Å²) in [6.07, 6.45) is 4.75. The predicted octanol–water partition coefficient (Wildman–Crippen LogP) is 5.52. The van der Waals surface area contributed by atoms with Gasteiger partial charge >= 0.3 is 5.97 Å². The van der Waals surface area contributed by atoms with Crippen molar-refractivity contribution in [3.8, 4) is 5.75 Å². The van der Waals surface area contributed by atoms with Crippen molar-refractivity contribution in [2.24, 2.45) is 11.8 Å². The lowest BCUT2D eigenvalue weighted by Gasteiger charge is -2.36. The van der Waals surface area contributed by atoms with Crippen LogP contribution in [0.1, 0.15) is 39.7 Å². The van der Waals surface area contributed by atoms with Gasteiger partial charge in [-0.25, -0.2) is 0 Å². The molecule has 0 saturated heterocycles. The fourth-order valence-corrected chi connectivity index (χ4v) is 3.52. The Morgan fingerprint density at radius 2 is 1.83 bits per heavy atom. The zero-order chi connectivity index (χ0) is 22.1. The molecule has 0 aromatic heterocycles. The lowest BCUT2D eigenvalue weighted by molar-refractivity contribution is -0.143. The van der Waals surface area contributed by atoms with Crippen molar-refractivity contribution >= 4 is 14.3 Å². The van der Waals surface area contributed by atoms with Crippen molar-refractivity contribution in [2.75, 3.05) is 20.3 Å². The molecule has 29 heavy (non-hydrogen) atoms. The molecule has 0 aliphatic rings. The molecule has 6 heteroatoms. The van der Waals surface area contributed by atoms with Crippen LogP contribution in [0.4, 0.5) is 0 Å². The molecule has 0 fully saturated rings. The van der Waals surface area contributed by atoms with Crippen LogP contribution in [-0.4, -0.2) is 39.7 Å². The molecule has 0 bridgehead atoms. The number of hydrogen-bond acceptors (Lipinski definition) is 4. The molecule has 0 amide bonds. The van der Waals surface area contributed by atoms with Crippen LogP contribution in [0.25, 0.3) is 0 Å². The van der Waals surface area contributed by atoms with Gasteiger partial charge in [0.2, 0.25) is 0 Å². The second kappa shape index (κ2) is 11.5. The average molecular weight is 423 g/mol. The highest BCUT2D eigenvalue weighted by atomic mass is 28.4. The van der Waals surface area contributed by atoms with Gasteiger partial charge in [-0.1, -0.05) is 52.0 Å². The molecule has 0 spiro atoms. The lowest BCUT2D eigenvalue weighted by Crippen LogP contribution is -2.40. The van der Waals surface area contributed by atoms with E-state index in [-0.39, 0.29) is 11.0 Å². The standard InChI is InChI=1S/C23H38O5Si/c1-18(22(24)25)20(10-8-9-15-28-29(6,7)23(2,3)4)17-27-16-19-11-13-21(26-5)14-12-19/h8,10-14,18,20H,9,15-17H2,1-7H3,(H,24,25)/b10-8+/t18-,20-/m0/s1. The summed E-state index contributed by atoms with van der Waals surface area (Å²) < 4.78 is 17.1. The number of rotatable bonds is 12. The number of hydrogen-bond donors (Lipinski definition) is 1. The molecule has 0 aliphatic carbocycles. The van der Waals surface area contributed by atoms with Crippen molar-refractivity contribution in [2.45, 2.75) is 58.9 Å². The van der Waals surface area contributed by atoms with Crippen LogP contribution in [0.2, 0.25) is 18.1 Å². The highest BCUT2D eigenvalue weighted by molar-refractivity contribution is 6.74. The number of benzene rings is 1. The molecule has 5 nitrogen and oxygen atoms in total. The summed E-state index contributed by atoms with van der Waals surface area (Å²) in [5.41, 5.74) is 1.03. The number of carbonyl (C=O) groups is 1. The Labute approximate surface area is 177 Å². The highest BCUT2D eigenvalue weighted by Gasteiger charge is 2.36. The van der Waals surface area contributed by atoms with Gasteiger partial charge in [-0.2, -0.15) is 0 Å². The van der Waals surface area contributed by atoms with Crippen molar-refractivity contribution in [3.05, 3.63) is 42.0 Å². The maximum atomic E-state index is 11.5. The smallest absolute Gasteiger partial charge is 0.306 e. The summed E-state index contributed by atoms with van der Waals surface area (Å²) in [5, 5.41) is 9.59. The molecule has 164 valence electrons. The summed E-state index contributed by atoms with van der Waals surface area (Å²) in [5.74, 6) is -0.707. The van der Waals surface area contributed by atoms with E-state index < -0.39 is 20.2 Å². The van der Waals surface area contributed by atoms with Crippen LogP contribution in [-0.2, 0) is 20.6 Å². The van der Waals surface area contributed by atoms with Gasteiger partial charge in [-0.05, 0) is 42.2 Å². The topological polar surface area (TPSA) is 65.0 Å². The van der Waals surface area contributed by atoms with E-state index in [1.54, 1.807) is 14.0 Å². The first-order valence-corrected chi connectivity index (χ1v) is 13.1. The molecule has 0 radical (unpaired) electrons. The predicted molar refractivity (Wildman–Crippen MR) is 120 cm³/mol. The van der Waals surface area contributed by atoms with Gasteiger partial charge in [0, 0.05) is 12.5 Å². The number of ether oxygens (including phenoxy) is 2. The van der Waals surface area contributed by atoms with E-state index >= 15 is 0 Å². The molecule has 1 rings (SSSR count). The van der Waals surface area contributed by atoms with Crippen LogP contribution in [0.5, 0.6) is 5.75 Å². The van der Waals surface area contributed by atoms with E-state index in [4.69, 9.17) is 13.9 Å². The van der Waals surface area contributed by atoms with Crippen LogP contribution in [0.3, 0.4) is 0 Å². The zero-order valence-corrected chi connectivity index (χ0v) is 20.0. The molecule has 1 N–H and O–H groups in total. The molecule has 2 atom stereocenters. The Morgan fingerprint density at radius 1 is 1.21 bits per heavy atom. The summed E-state index contributed by atoms with van der Waals surface area (Å²) in [7, 11) is -0.117. The van der Waals surface area contributed by atoms with Crippen molar-refractivity contribution in [1.82, 2.24) is 0 Å². The first-order valence-electron chi connectivity index (χ1n) is 10.2. The van der Waals surface area contributed by atoms with Gasteiger partial charge < -0.3 is 19.0 Å². The van der Waals surface area contributed by atoms with Gasteiger partial charge in [0.05, 0.1) is 26.2 Å². The Kier molecular flexibility index (Phi) is 10.1. The molecule has 0 heterocycles. The van der Waals surface area contributed by atoms with Crippen LogP contribution >= 0.6 is 0 Å².